The van der Waals surface area contributed by atoms with Crippen LogP contribution in [0.5, 0.6) is 0 Å². The van der Waals surface area contributed by atoms with Gasteiger partial charge in [-0.1, -0.05) is 12.1 Å². The van der Waals surface area contributed by atoms with Gasteiger partial charge in [-0.15, -0.1) is 24.0 Å². The Morgan fingerprint density at radius 1 is 1.10 bits per heavy atom. The standard InChI is InChI=1S/C23H30FN5O.HI/c1-25-23(26-12-11-18-5-4-6-19(17-18)22(30)27(2)3)29-15-13-28(14-16-29)21-9-7-20(24)8-10-21;/h4-10,17H,11-16H2,1-3H3,(H,25,26);1H. The number of aliphatic imine (C=N–C) groups is 1. The second-order valence-corrected chi connectivity index (χ2v) is 7.57. The lowest BCUT2D eigenvalue weighted by atomic mass is 10.1. The number of benzene rings is 2. The summed E-state index contributed by atoms with van der Waals surface area (Å²) in [5.41, 5.74) is 2.87. The first-order valence-corrected chi connectivity index (χ1v) is 10.2. The van der Waals surface area contributed by atoms with Crippen LogP contribution >= 0.6 is 24.0 Å². The van der Waals surface area contributed by atoms with Gasteiger partial charge in [0.05, 0.1) is 0 Å². The van der Waals surface area contributed by atoms with Gasteiger partial charge in [-0.3, -0.25) is 9.79 Å². The minimum atomic E-state index is -0.210. The molecular formula is C23H31FIN5O. The molecule has 6 nitrogen and oxygen atoms in total. The Morgan fingerprint density at radius 2 is 1.77 bits per heavy atom. The highest BCUT2D eigenvalue weighted by atomic mass is 127. The maximum Gasteiger partial charge on any atom is 0.253 e. The Bertz CT molecular complexity index is 880. The molecule has 1 fully saturated rings. The van der Waals surface area contributed by atoms with Crippen molar-refractivity contribution in [1.82, 2.24) is 15.1 Å². The fourth-order valence-corrected chi connectivity index (χ4v) is 3.60. The van der Waals surface area contributed by atoms with Gasteiger partial charge in [-0.25, -0.2) is 4.39 Å². The number of halogens is 2. The minimum Gasteiger partial charge on any atom is -0.368 e. The largest absolute Gasteiger partial charge is 0.368 e. The number of piperazine rings is 1. The van der Waals surface area contributed by atoms with Gasteiger partial charge in [0.1, 0.15) is 5.82 Å². The molecule has 168 valence electrons. The van der Waals surface area contributed by atoms with Crippen LogP contribution in [0.2, 0.25) is 0 Å². The molecule has 0 saturated carbocycles. The van der Waals surface area contributed by atoms with Crippen LogP contribution in [0.15, 0.2) is 53.5 Å². The van der Waals surface area contributed by atoms with Crippen LogP contribution in [0.4, 0.5) is 10.1 Å². The van der Waals surface area contributed by atoms with Crippen molar-refractivity contribution in [2.45, 2.75) is 6.42 Å². The van der Waals surface area contributed by atoms with Gasteiger partial charge >= 0.3 is 0 Å². The summed E-state index contributed by atoms with van der Waals surface area (Å²) in [7, 11) is 5.32. The third-order valence-electron chi connectivity index (χ3n) is 5.26. The number of amides is 1. The van der Waals surface area contributed by atoms with Gasteiger partial charge in [0.25, 0.3) is 5.91 Å². The van der Waals surface area contributed by atoms with E-state index < -0.39 is 0 Å². The normalized spacial score (nSPS) is 14.1. The first kappa shape index (κ1) is 24.9. The molecule has 1 saturated heterocycles. The van der Waals surface area contributed by atoms with Gasteiger partial charge in [0, 0.05) is 65.1 Å². The number of carbonyl (C=O) groups is 1. The minimum absolute atomic E-state index is 0. The summed E-state index contributed by atoms with van der Waals surface area (Å²) < 4.78 is 13.1. The Kier molecular flexibility index (Phi) is 9.54. The van der Waals surface area contributed by atoms with Crippen molar-refractivity contribution in [2.24, 2.45) is 4.99 Å². The molecule has 0 aromatic heterocycles. The number of nitrogens with zero attached hydrogens (tertiary/aromatic N) is 4. The van der Waals surface area contributed by atoms with Gasteiger partial charge in [0.15, 0.2) is 5.96 Å². The molecule has 1 heterocycles. The fraction of sp³-hybridized carbons (Fsp3) is 0.391. The highest BCUT2D eigenvalue weighted by Gasteiger charge is 2.19. The zero-order valence-electron chi connectivity index (χ0n) is 18.3. The molecule has 0 atom stereocenters. The van der Waals surface area contributed by atoms with Gasteiger partial charge in [-0.05, 0) is 48.4 Å². The Morgan fingerprint density at radius 3 is 2.39 bits per heavy atom. The van der Waals surface area contributed by atoms with Gasteiger partial charge in [-0.2, -0.15) is 0 Å². The lowest BCUT2D eigenvalue weighted by molar-refractivity contribution is 0.0827. The highest BCUT2D eigenvalue weighted by Crippen LogP contribution is 2.17. The van der Waals surface area contributed by atoms with Crippen LogP contribution in [0.3, 0.4) is 0 Å². The molecule has 1 N–H and O–H groups in total. The summed E-state index contributed by atoms with van der Waals surface area (Å²) in [6, 6.07) is 14.4. The summed E-state index contributed by atoms with van der Waals surface area (Å²) >= 11 is 0. The summed E-state index contributed by atoms with van der Waals surface area (Å²) in [5.74, 6) is 0.688. The maximum atomic E-state index is 13.1. The predicted molar refractivity (Wildman–Crippen MR) is 135 cm³/mol. The number of nitrogens with one attached hydrogen (secondary N) is 1. The molecule has 1 amide bonds. The lowest BCUT2D eigenvalue weighted by Gasteiger charge is -2.37. The number of hydrogen-bond acceptors (Lipinski definition) is 3. The van der Waals surface area contributed by atoms with E-state index in [1.807, 2.05) is 36.4 Å². The van der Waals surface area contributed by atoms with E-state index in [1.54, 1.807) is 26.0 Å². The van der Waals surface area contributed by atoms with Crippen LogP contribution in [0.1, 0.15) is 15.9 Å². The van der Waals surface area contributed by atoms with E-state index in [1.165, 1.54) is 12.1 Å². The Hall–Kier alpha value is -2.36. The third-order valence-corrected chi connectivity index (χ3v) is 5.26. The van der Waals surface area contributed by atoms with Crippen molar-refractivity contribution < 1.29 is 9.18 Å². The van der Waals surface area contributed by atoms with Crippen molar-refractivity contribution in [3.8, 4) is 0 Å². The van der Waals surface area contributed by atoms with Crippen molar-refractivity contribution in [1.29, 1.82) is 0 Å². The molecule has 0 radical (unpaired) electrons. The lowest BCUT2D eigenvalue weighted by Crippen LogP contribution is -2.52. The zero-order chi connectivity index (χ0) is 21.5. The van der Waals surface area contributed by atoms with Crippen LogP contribution in [0.25, 0.3) is 0 Å². The van der Waals surface area contributed by atoms with Crippen molar-refractivity contribution >= 4 is 41.5 Å². The number of rotatable bonds is 5. The molecule has 0 bridgehead atoms. The van der Waals surface area contributed by atoms with Crippen LogP contribution in [0, 0.1) is 5.82 Å². The highest BCUT2D eigenvalue weighted by molar-refractivity contribution is 14.0. The first-order valence-electron chi connectivity index (χ1n) is 10.2. The SMILES string of the molecule is CN=C(NCCc1cccc(C(=O)N(C)C)c1)N1CCN(c2ccc(F)cc2)CC1.I. The van der Waals surface area contributed by atoms with Crippen molar-refractivity contribution in [2.75, 3.05) is 58.8 Å². The van der Waals surface area contributed by atoms with E-state index in [4.69, 9.17) is 0 Å². The molecular weight excluding hydrogens is 508 g/mol. The number of guanidine groups is 1. The molecule has 1 aliphatic rings. The molecule has 31 heavy (non-hydrogen) atoms. The van der Waals surface area contributed by atoms with E-state index in [9.17, 15) is 9.18 Å². The number of anilines is 1. The molecule has 0 unspecified atom stereocenters. The second-order valence-electron chi connectivity index (χ2n) is 7.57. The smallest absolute Gasteiger partial charge is 0.253 e. The molecule has 0 spiro atoms. The van der Waals surface area contributed by atoms with Crippen molar-refractivity contribution in [3.05, 3.63) is 65.5 Å². The second kappa shape index (κ2) is 11.9. The summed E-state index contributed by atoms with van der Waals surface area (Å²) in [6.07, 6.45) is 0.809. The average Bonchev–Trinajstić information content (AvgIpc) is 2.77. The maximum absolute atomic E-state index is 13.1. The Labute approximate surface area is 201 Å². The molecule has 2 aromatic carbocycles. The van der Waals surface area contributed by atoms with Crippen LogP contribution in [-0.4, -0.2) is 75.5 Å². The van der Waals surface area contributed by atoms with E-state index >= 15 is 0 Å². The van der Waals surface area contributed by atoms with E-state index in [0.29, 0.717) is 5.56 Å². The molecule has 2 aromatic rings. The first-order chi connectivity index (χ1) is 14.5. The quantitative estimate of drug-likeness (QED) is 0.361. The third kappa shape index (κ3) is 6.81. The van der Waals surface area contributed by atoms with Crippen LogP contribution < -0.4 is 10.2 Å². The number of carbonyl (C=O) groups excluding carboxylic acids is 1. The van der Waals surface area contributed by atoms with Gasteiger partial charge in [0.2, 0.25) is 0 Å². The molecule has 3 rings (SSSR count). The summed E-state index contributed by atoms with van der Waals surface area (Å²) in [6.45, 7) is 4.17. The summed E-state index contributed by atoms with van der Waals surface area (Å²) in [5, 5.41) is 3.43. The number of hydrogen-bond donors (Lipinski definition) is 1. The van der Waals surface area contributed by atoms with E-state index in [-0.39, 0.29) is 35.7 Å². The van der Waals surface area contributed by atoms with Crippen LogP contribution in [-0.2, 0) is 6.42 Å². The zero-order valence-corrected chi connectivity index (χ0v) is 20.7. The van der Waals surface area contributed by atoms with Gasteiger partial charge < -0.3 is 20.0 Å². The molecule has 8 heteroatoms. The van der Waals surface area contributed by atoms with E-state index in [2.05, 4.69) is 20.1 Å². The summed E-state index contributed by atoms with van der Waals surface area (Å²) in [4.78, 5) is 22.7. The monoisotopic (exact) mass is 539 g/mol. The van der Waals surface area contributed by atoms with E-state index in [0.717, 1.165) is 56.4 Å². The Balaban J connectivity index is 0.00000341. The predicted octanol–water partition coefficient (Wildman–Crippen LogP) is 3.09. The fourth-order valence-electron chi connectivity index (χ4n) is 3.60. The average molecular weight is 539 g/mol. The van der Waals surface area contributed by atoms with Crippen molar-refractivity contribution in [3.63, 3.8) is 0 Å². The molecule has 1 aliphatic heterocycles. The topological polar surface area (TPSA) is 51.2 Å². The molecule has 0 aliphatic carbocycles.